The average Bonchev–Trinajstić information content (AvgIpc) is 2.55. The number of hydrogen-bond donors (Lipinski definition) is 2. The van der Waals surface area contributed by atoms with Crippen LogP contribution in [0.2, 0.25) is 5.02 Å². The van der Waals surface area contributed by atoms with Gasteiger partial charge in [0.2, 0.25) is 11.9 Å². The number of aromatic nitrogens is 4. The lowest BCUT2D eigenvalue weighted by atomic mass is 10.2. The third kappa shape index (κ3) is 4.17. The molecule has 0 bridgehead atoms. The summed E-state index contributed by atoms with van der Waals surface area (Å²) >= 11 is 5.97. The van der Waals surface area contributed by atoms with Crippen LogP contribution in [0.15, 0.2) is 48.8 Å². The van der Waals surface area contributed by atoms with Gasteiger partial charge in [0, 0.05) is 17.8 Å². The topological polar surface area (TPSA) is 75.6 Å². The van der Waals surface area contributed by atoms with E-state index < -0.39 is 0 Å². The molecule has 2 aromatic heterocycles. The monoisotopic (exact) mass is 340 g/mol. The molecule has 0 amide bonds. The Labute approximate surface area is 145 Å². The summed E-state index contributed by atoms with van der Waals surface area (Å²) < 4.78 is 0. The first-order valence-corrected chi connectivity index (χ1v) is 7.93. The summed E-state index contributed by atoms with van der Waals surface area (Å²) in [6.45, 7) is 4.06. The van der Waals surface area contributed by atoms with Gasteiger partial charge < -0.3 is 10.6 Å². The van der Waals surface area contributed by atoms with Crippen molar-refractivity contribution in [2.24, 2.45) is 0 Å². The van der Waals surface area contributed by atoms with Gasteiger partial charge >= 0.3 is 0 Å². The molecule has 2 heterocycles. The molecule has 0 fully saturated rings. The lowest BCUT2D eigenvalue weighted by molar-refractivity contribution is 0.869. The molecule has 0 saturated carbocycles. The summed E-state index contributed by atoms with van der Waals surface area (Å²) in [6, 6.07) is 11.7. The van der Waals surface area contributed by atoms with Crippen molar-refractivity contribution in [3.05, 3.63) is 53.8 Å². The van der Waals surface area contributed by atoms with Crippen molar-refractivity contribution in [2.75, 3.05) is 10.6 Å². The van der Waals surface area contributed by atoms with Crippen LogP contribution in [0.1, 0.15) is 13.8 Å². The molecule has 3 rings (SSSR count). The van der Waals surface area contributed by atoms with E-state index in [2.05, 4.69) is 30.6 Å². The van der Waals surface area contributed by atoms with Crippen molar-refractivity contribution in [2.45, 2.75) is 19.9 Å². The van der Waals surface area contributed by atoms with E-state index in [-0.39, 0.29) is 6.04 Å². The molecule has 0 saturated heterocycles. The Kier molecular flexibility index (Phi) is 4.86. The van der Waals surface area contributed by atoms with E-state index in [0.29, 0.717) is 28.4 Å². The summed E-state index contributed by atoms with van der Waals surface area (Å²) in [6.07, 6.45) is 3.23. The summed E-state index contributed by atoms with van der Waals surface area (Å²) in [5, 5.41) is 6.87. The summed E-state index contributed by atoms with van der Waals surface area (Å²) in [7, 11) is 0. The van der Waals surface area contributed by atoms with Crippen LogP contribution in [0.5, 0.6) is 0 Å². The van der Waals surface area contributed by atoms with Crippen molar-refractivity contribution in [1.29, 1.82) is 0 Å². The summed E-state index contributed by atoms with van der Waals surface area (Å²) in [4.78, 5) is 17.4. The Balaban J connectivity index is 1.98. The second kappa shape index (κ2) is 7.23. The zero-order valence-corrected chi connectivity index (χ0v) is 14.1. The van der Waals surface area contributed by atoms with E-state index in [9.17, 15) is 0 Å². The lowest BCUT2D eigenvalue weighted by Crippen LogP contribution is -2.14. The third-order valence-corrected chi connectivity index (χ3v) is 3.25. The number of nitrogens with zero attached hydrogens (tertiary/aromatic N) is 4. The van der Waals surface area contributed by atoms with Crippen LogP contribution in [0.4, 0.5) is 17.6 Å². The zero-order valence-electron chi connectivity index (χ0n) is 13.4. The van der Waals surface area contributed by atoms with Gasteiger partial charge in [-0.15, -0.1) is 0 Å². The second-order valence-electron chi connectivity index (χ2n) is 5.49. The first-order chi connectivity index (χ1) is 11.6. The minimum absolute atomic E-state index is 0.205. The van der Waals surface area contributed by atoms with Crippen LogP contribution in [0, 0.1) is 0 Å². The van der Waals surface area contributed by atoms with Gasteiger partial charge in [-0.3, -0.25) is 4.98 Å². The molecule has 0 atom stereocenters. The van der Waals surface area contributed by atoms with E-state index in [0.717, 1.165) is 5.56 Å². The predicted molar refractivity (Wildman–Crippen MR) is 96.6 cm³/mol. The first-order valence-electron chi connectivity index (χ1n) is 7.56. The van der Waals surface area contributed by atoms with Crippen molar-refractivity contribution in [3.8, 4) is 11.4 Å². The highest BCUT2D eigenvalue weighted by Crippen LogP contribution is 2.21. The van der Waals surface area contributed by atoms with Gasteiger partial charge in [0.05, 0.1) is 16.9 Å². The van der Waals surface area contributed by atoms with Crippen molar-refractivity contribution in [3.63, 3.8) is 0 Å². The van der Waals surface area contributed by atoms with Crippen LogP contribution in [-0.4, -0.2) is 26.0 Å². The third-order valence-electron chi connectivity index (χ3n) is 3.05. The highest BCUT2D eigenvalue weighted by atomic mass is 35.5. The maximum Gasteiger partial charge on any atom is 0.232 e. The largest absolute Gasteiger partial charge is 0.352 e. The Morgan fingerprint density at radius 1 is 0.958 bits per heavy atom. The predicted octanol–water partition coefficient (Wildman–Crippen LogP) is 4.15. The number of benzene rings is 1. The molecular weight excluding hydrogens is 324 g/mol. The molecule has 7 heteroatoms. The highest BCUT2D eigenvalue weighted by molar-refractivity contribution is 6.30. The Bertz CT molecular complexity index is 822. The van der Waals surface area contributed by atoms with Gasteiger partial charge in [-0.1, -0.05) is 41.9 Å². The van der Waals surface area contributed by atoms with Crippen LogP contribution < -0.4 is 10.6 Å². The molecule has 0 radical (unpaired) electrons. The standard InChI is InChI=1S/C17H17ClN6/c1-11(2)20-16-22-15(12-6-4-3-5-7-12)23-17(24-16)21-14-8-13(18)9-19-10-14/h3-11H,1-2H3,(H2,20,21,22,23,24). The van der Waals surface area contributed by atoms with Gasteiger partial charge in [0.1, 0.15) is 0 Å². The molecule has 0 aliphatic carbocycles. The lowest BCUT2D eigenvalue weighted by Gasteiger charge is -2.12. The highest BCUT2D eigenvalue weighted by Gasteiger charge is 2.10. The van der Waals surface area contributed by atoms with Crippen LogP contribution in [-0.2, 0) is 0 Å². The van der Waals surface area contributed by atoms with E-state index in [4.69, 9.17) is 11.6 Å². The zero-order chi connectivity index (χ0) is 16.9. The van der Waals surface area contributed by atoms with Crippen LogP contribution >= 0.6 is 11.6 Å². The molecule has 0 aliphatic heterocycles. The summed E-state index contributed by atoms with van der Waals surface area (Å²) in [5.74, 6) is 1.53. The SMILES string of the molecule is CC(C)Nc1nc(Nc2cncc(Cl)c2)nc(-c2ccccc2)n1. The molecule has 0 aliphatic rings. The molecular formula is C17H17ClN6. The minimum Gasteiger partial charge on any atom is -0.352 e. The van der Waals surface area contributed by atoms with E-state index in [1.54, 1.807) is 18.5 Å². The number of pyridine rings is 1. The Morgan fingerprint density at radius 2 is 1.71 bits per heavy atom. The van der Waals surface area contributed by atoms with Gasteiger partial charge in [-0.25, -0.2) is 0 Å². The maximum absolute atomic E-state index is 5.97. The average molecular weight is 341 g/mol. The van der Waals surface area contributed by atoms with Gasteiger partial charge in [0.15, 0.2) is 5.82 Å². The summed E-state index contributed by atoms with van der Waals surface area (Å²) in [5.41, 5.74) is 1.63. The number of hydrogen-bond acceptors (Lipinski definition) is 6. The second-order valence-corrected chi connectivity index (χ2v) is 5.92. The normalized spacial score (nSPS) is 10.7. The van der Waals surface area contributed by atoms with Crippen molar-refractivity contribution >= 4 is 29.2 Å². The Morgan fingerprint density at radius 3 is 2.42 bits per heavy atom. The molecule has 122 valence electrons. The van der Waals surface area contributed by atoms with Crippen LogP contribution in [0.25, 0.3) is 11.4 Å². The van der Waals surface area contributed by atoms with Gasteiger partial charge in [-0.2, -0.15) is 15.0 Å². The number of halogens is 1. The fourth-order valence-electron chi connectivity index (χ4n) is 2.08. The fourth-order valence-corrected chi connectivity index (χ4v) is 2.25. The molecule has 3 aromatic rings. The van der Waals surface area contributed by atoms with Crippen molar-refractivity contribution in [1.82, 2.24) is 19.9 Å². The van der Waals surface area contributed by atoms with Crippen molar-refractivity contribution < 1.29 is 0 Å². The van der Waals surface area contributed by atoms with E-state index >= 15 is 0 Å². The molecule has 1 aromatic carbocycles. The Hall–Kier alpha value is -2.73. The number of rotatable bonds is 5. The minimum atomic E-state index is 0.205. The van der Waals surface area contributed by atoms with Gasteiger partial charge in [0.25, 0.3) is 0 Å². The fraction of sp³-hybridized carbons (Fsp3) is 0.176. The quantitative estimate of drug-likeness (QED) is 0.726. The van der Waals surface area contributed by atoms with E-state index in [1.807, 2.05) is 44.2 Å². The van der Waals surface area contributed by atoms with Crippen LogP contribution in [0.3, 0.4) is 0 Å². The van der Waals surface area contributed by atoms with Gasteiger partial charge in [-0.05, 0) is 19.9 Å². The molecule has 0 spiro atoms. The maximum atomic E-state index is 5.97. The number of anilines is 3. The van der Waals surface area contributed by atoms with E-state index in [1.165, 1.54) is 0 Å². The number of nitrogens with one attached hydrogen (secondary N) is 2. The smallest absolute Gasteiger partial charge is 0.232 e. The molecule has 0 unspecified atom stereocenters. The first kappa shape index (κ1) is 16.1. The molecule has 2 N–H and O–H groups in total. The molecule has 6 nitrogen and oxygen atoms in total. The molecule has 24 heavy (non-hydrogen) atoms.